The molecule has 1 fully saturated rings. The molecule has 2 aliphatic rings. The van der Waals surface area contributed by atoms with Crippen LogP contribution in [0, 0.1) is 13.8 Å². The third kappa shape index (κ3) is 4.61. The van der Waals surface area contributed by atoms with Gasteiger partial charge in [-0.25, -0.2) is 0 Å². The van der Waals surface area contributed by atoms with Gasteiger partial charge in [-0.2, -0.15) is 0 Å². The Hall–Kier alpha value is -2.80. The minimum atomic E-state index is -0.845. The van der Waals surface area contributed by atoms with E-state index in [1.165, 1.54) is 16.7 Å². The molecule has 1 saturated heterocycles. The molecule has 31 heavy (non-hydrogen) atoms. The second-order valence-corrected chi connectivity index (χ2v) is 9.27. The summed E-state index contributed by atoms with van der Waals surface area (Å²) in [5, 5.41) is 2.04. The summed E-state index contributed by atoms with van der Waals surface area (Å²) in [7, 11) is 0. The Labute approximate surface area is 187 Å². The van der Waals surface area contributed by atoms with Crippen molar-refractivity contribution in [3.8, 4) is 0 Å². The molecule has 2 aromatic rings. The monoisotopic (exact) mass is 437 g/mol. The van der Waals surface area contributed by atoms with Crippen molar-refractivity contribution in [3.05, 3.63) is 53.6 Å². The van der Waals surface area contributed by atoms with Crippen LogP contribution in [-0.2, 0) is 14.4 Å². The highest BCUT2D eigenvalue weighted by molar-refractivity contribution is 8.01. The van der Waals surface area contributed by atoms with Crippen LogP contribution < -0.4 is 10.2 Å². The standard InChI is InChI=1S/C24H27N3O3S/c1-16-10-11-18(14-17(16)2)25-21(28)15-27-19-8-4-5-9-20(19)31-22(24(27)30)23(29)26-12-6-3-7-13-26/h4-5,8-11,14,22H,3,6-7,12-13,15H2,1-2H3,(H,25,28). The molecule has 1 N–H and O–H groups in total. The lowest BCUT2D eigenvalue weighted by Crippen LogP contribution is -2.52. The van der Waals surface area contributed by atoms with E-state index in [1.54, 1.807) is 4.90 Å². The lowest BCUT2D eigenvalue weighted by atomic mass is 10.1. The van der Waals surface area contributed by atoms with Crippen LogP contribution in [0.1, 0.15) is 30.4 Å². The number of benzene rings is 2. The number of carbonyl (C=O) groups excluding carboxylic acids is 3. The lowest BCUT2D eigenvalue weighted by molar-refractivity contribution is -0.135. The molecule has 2 aromatic carbocycles. The maximum Gasteiger partial charge on any atom is 0.250 e. The second kappa shape index (κ2) is 9.14. The van der Waals surface area contributed by atoms with Crippen LogP contribution >= 0.6 is 11.8 Å². The number of aryl methyl sites for hydroxylation is 2. The van der Waals surface area contributed by atoms with E-state index in [0.29, 0.717) is 24.5 Å². The second-order valence-electron chi connectivity index (χ2n) is 8.12. The number of hydrogen-bond donors (Lipinski definition) is 1. The summed E-state index contributed by atoms with van der Waals surface area (Å²) in [6.45, 7) is 5.26. The molecule has 2 aliphatic heterocycles. The van der Waals surface area contributed by atoms with Crippen molar-refractivity contribution in [2.75, 3.05) is 29.9 Å². The maximum absolute atomic E-state index is 13.3. The Morgan fingerprint density at radius 3 is 2.52 bits per heavy atom. The third-order valence-corrected chi connectivity index (χ3v) is 7.11. The highest BCUT2D eigenvalue weighted by atomic mass is 32.2. The van der Waals surface area contributed by atoms with Crippen molar-refractivity contribution < 1.29 is 14.4 Å². The van der Waals surface area contributed by atoms with Gasteiger partial charge in [-0.3, -0.25) is 14.4 Å². The fraction of sp³-hybridized carbons (Fsp3) is 0.375. The van der Waals surface area contributed by atoms with Crippen LogP contribution in [0.3, 0.4) is 0 Å². The normalized spacial score (nSPS) is 18.5. The van der Waals surface area contributed by atoms with E-state index in [4.69, 9.17) is 0 Å². The Kier molecular flexibility index (Phi) is 6.32. The van der Waals surface area contributed by atoms with Gasteiger partial charge in [0.1, 0.15) is 6.54 Å². The SMILES string of the molecule is Cc1ccc(NC(=O)CN2C(=O)C(C(=O)N3CCCCC3)Sc3ccccc32)cc1C. The third-order valence-electron chi connectivity index (χ3n) is 5.88. The molecule has 0 spiro atoms. The first kappa shape index (κ1) is 21.4. The number of carbonyl (C=O) groups is 3. The highest BCUT2D eigenvalue weighted by Gasteiger charge is 2.40. The number of rotatable bonds is 4. The molecule has 7 heteroatoms. The lowest BCUT2D eigenvalue weighted by Gasteiger charge is -2.36. The van der Waals surface area contributed by atoms with Gasteiger partial charge in [0, 0.05) is 23.7 Å². The fourth-order valence-electron chi connectivity index (χ4n) is 3.98. The molecule has 1 unspecified atom stereocenters. The smallest absolute Gasteiger partial charge is 0.250 e. The predicted molar refractivity (Wildman–Crippen MR) is 123 cm³/mol. The molecule has 3 amide bonds. The zero-order chi connectivity index (χ0) is 22.0. The van der Waals surface area contributed by atoms with Gasteiger partial charge in [0.25, 0.3) is 5.91 Å². The first-order valence-electron chi connectivity index (χ1n) is 10.7. The van der Waals surface area contributed by atoms with Gasteiger partial charge in [0.05, 0.1) is 5.69 Å². The summed E-state index contributed by atoms with van der Waals surface area (Å²) in [4.78, 5) is 43.4. The fourth-order valence-corrected chi connectivity index (χ4v) is 5.17. The first-order valence-corrected chi connectivity index (χ1v) is 11.5. The average Bonchev–Trinajstić information content (AvgIpc) is 2.78. The first-order chi connectivity index (χ1) is 14.9. The number of fused-ring (bicyclic) bond motifs is 1. The van der Waals surface area contributed by atoms with Crippen LogP contribution in [0.25, 0.3) is 0 Å². The van der Waals surface area contributed by atoms with Gasteiger partial charge in [-0.1, -0.05) is 18.2 Å². The molecule has 6 nitrogen and oxygen atoms in total. The van der Waals surface area contributed by atoms with Crippen LogP contribution in [-0.4, -0.2) is 47.5 Å². The van der Waals surface area contributed by atoms with E-state index in [9.17, 15) is 14.4 Å². The Bertz CT molecular complexity index is 1020. The van der Waals surface area contributed by atoms with Gasteiger partial charge in [-0.15, -0.1) is 11.8 Å². The minimum absolute atomic E-state index is 0.132. The van der Waals surface area contributed by atoms with Crippen LogP contribution in [0.2, 0.25) is 0 Å². The molecular formula is C24H27N3O3S. The summed E-state index contributed by atoms with van der Waals surface area (Å²) in [5.41, 5.74) is 3.60. The number of likely N-dealkylation sites (tertiary alicyclic amines) is 1. The Balaban J connectivity index is 1.54. The number of nitrogens with zero attached hydrogens (tertiary/aromatic N) is 2. The highest BCUT2D eigenvalue weighted by Crippen LogP contribution is 2.40. The number of anilines is 2. The minimum Gasteiger partial charge on any atom is -0.341 e. The summed E-state index contributed by atoms with van der Waals surface area (Å²) in [6.07, 6.45) is 3.05. The van der Waals surface area contributed by atoms with E-state index in [2.05, 4.69) is 5.32 Å². The van der Waals surface area contributed by atoms with E-state index in [-0.39, 0.29) is 24.3 Å². The summed E-state index contributed by atoms with van der Waals surface area (Å²) in [6, 6.07) is 13.2. The zero-order valence-electron chi connectivity index (χ0n) is 17.9. The molecule has 0 bridgehead atoms. The number of nitrogens with one attached hydrogen (secondary N) is 1. The van der Waals surface area contributed by atoms with E-state index < -0.39 is 5.25 Å². The molecule has 162 valence electrons. The molecule has 0 saturated carbocycles. The van der Waals surface area contributed by atoms with E-state index in [0.717, 1.165) is 35.3 Å². The number of piperidine rings is 1. The van der Waals surface area contributed by atoms with Gasteiger partial charge < -0.3 is 15.1 Å². The van der Waals surface area contributed by atoms with Crippen molar-refractivity contribution >= 4 is 40.9 Å². The molecule has 4 rings (SSSR count). The van der Waals surface area contributed by atoms with E-state index >= 15 is 0 Å². The van der Waals surface area contributed by atoms with Crippen molar-refractivity contribution in [1.82, 2.24) is 4.90 Å². The van der Waals surface area contributed by atoms with E-state index in [1.807, 2.05) is 56.3 Å². The molecule has 0 aromatic heterocycles. The summed E-state index contributed by atoms with van der Waals surface area (Å²) < 4.78 is 0. The summed E-state index contributed by atoms with van der Waals surface area (Å²) >= 11 is 1.29. The van der Waals surface area contributed by atoms with Crippen LogP contribution in [0.5, 0.6) is 0 Å². The number of hydrogen-bond acceptors (Lipinski definition) is 4. The molecule has 0 radical (unpaired) electrons. The zero-order valence-corrected chi connectivity index (χ0v) is 18.7. The largest absolute Gasteiger partial charge is 0.341 e. The Morgan fingerprint density at radius 2 is 1.77 bits per heavy atom. The van der Waals surface area contributed by atoms with Crippen LogP contribution in [0.15, 0.2) is 47.4 Å². The van der Waals surface area contributed by atoms with Gasteiger partial charge in [-0.05, 0) is 68.5 Å². The van der Waals surface area contributed by atoms with Crippen LogP contribution in [0.4, 0.5) is 11.4 Å². The van der Waals surface area contributed by atoms with Gasteiger partial charge in [0.2, 0.25) is 11.8 Å². The topological polar surface area (TPSA) is 69.7 Å². The van der Waals surface area contributed by atoms with Crippen molar-refractivity contribution in [2.45, 2.75) is 43.3 Å². The van der Waals surface area contributed by atoms with Crippen molar-refractivity contribution in [3.63, 3.8) is 0 Å². The average molecular weight is 438 g/mol. The molecular weight excluding hydrogens is 410 g/mol. The number of amides is 3. The molecule has 1 atom stereocenters. The maximum atomic E-state index is 13.3. The molecule has 0 aliphatic carbocycles. The number of thioether (sulfide) groups is 1. The molecule has 2 heterocycles. The summed E-state index contributed by atoms with van der Waals surface area (Å²) in [5.74, 6) is -0.763. The Morgan fingerprint density at radius 1 is 1.03 bits per heavy atom. The predicted octanol–water partition coefficient (Wildman–Crippen LogP) is 3.76. The van der Waals surface area contributed by atoms with Gasteiger partial charge >= 0.3 is 0 Å². The number of para-hydroxylation sites is 1. The van der Waals surface area contributed by atoms with Gasteiger partial charge in [0.15, 0.2) is 5.25 Å². The van der Waals surface area contributed by atoms with Crippen molar-refractivity contribution in [1.29, 1.82) is 0 Å². The van der Waals surface area contributed by atoms with Crippen molar-refractivity contribution in [2.24, 2.45) is 0 Å². The quantitative estimate of drug-likeness (QED) is 0.740.